The van der Waals surface area contributed by atoms with Gasteiger partial charge in [0.25, 0.3) is 0 Å². The summed E-state index contributed by atoms with van der Waals surface area (Å²) >= 11 is 0. The average molecular weight is 195 g/mol. The van der Waals surface area contributed by atoms with Gasteiger partial charge in [-0.2, -0.15) is 0 Å². The normalized spacial score (nSPS) is 13.1. The topological polar surface area (TPSA) is 54.7 Å². The Labute approximate surface area is 86.1 Å². The summed E-state index contributed by atoms with van der Waals surface area (Å²) < 4.78 is 0. The van der Waals surface area contributed by atoms with Gasteiger partial charge in [-0.3, -0.25) is 0 Å². The fraction of sp³-hybridized carbons (Fsp3) is 0.727. The largest absolute Gasteiger partial charge is 0.346 e. The minimum Gasteiger partial charge on any atom is -0.346 e. The summed E-state index contributed by atoms with van der Waals surface area (Å²) in [6.07, 6.45) is 3.25. The highest BCUT2D eigenvalue weighted by atomic mass is 14.9. The number of aryl methyl sites for hydroxylation is 2. The average Bonchev–Trinajstić information content (AvgIpc) is 2.51. The fourth-order valence-electron chi connectivity index (χ4n) is 1.67. The summed E-state index contributed by atoms with van der Waals surface area (Å²) in [5.74, 6) is 1.45. The van der Waals surface area contributed by atoms with Crippen LogP contribution in [0.25, 0.3) is 0 Å². The Bertz CT molecular complexity index is 274. The maximum Gasteiger partial charge on any atom is 0.110 e. The molecule has 0 bridgehead atoms. The maximum atomic E-state index is 5.69. The van der Waals surface area contributed by atoms with Crippen molar-refractivity contribution < 1.29 is 0 Å². The smallest absolute Gasteiger partial charge is 0.110 e. The number of rotatable bonds is 5. The lowest BCUT2D eigenvalue weighted by molar-refractivity contribution is 0.636. The van der Waals surface area contributed by atoms with Crippen LogP contribution in [-0.2, 0) is 6.42 Å². The molecule has 0 spiro atoms. The molecule has 14 heavy (non-hydrogen) atoms. The van der Waals surface area contributed by atoms with Crippen LogP contribution in [0, 0.1) is 6.92 Å². The van der Waals surface area contributed by atoms with Crippen molar-refractivity contribution in [3.05, 3.63) is 17.2 Å². The first-order valence-corrected chi connectivity index (χ1v) is 5.48. The maximum absolute atomic E-state index is 5.69. The van der Waals surface area contributed by atoms with Crippen LogP contribution in [0.5, 0.6) is 0 Å². The SMILES string of the molecule is CCCc1nc(C(CC)CN)[nH]c1C. The molecule has 0 aliphatic heterocycles. The molecule has 0 aliphatic rings. The molecule has 0 aromatic carbocycles. The van der Waals surface area contributed by atoms with Crippen LogP contribution in [0.2, 0.25) is 0 Å². The number of aromatic amines is 1. The van der Waals surface area contributed by atoms with Crippen molar-refractivity contribution in [1.82, 2.24) is 9.97 Å². The van der Waals surface area contributed by atoms with E-state index in [2.05, 4.69) is 30.7 Å². The summed E-state index contributed by atoms with van der Waals surface area (Å²) in [6, 6.07) is 0. The number of nitrogens with zero attached hydrogens (tertiary/aromatic N) is 1. The predicted octanol–water partition coefficient (Wildman–Crippen LogP) is 2.12. The van der Waals surface area contributed by atoms with Crippen molar-refractivity contribution in [3.8, 4) is 0 Å². The van der Waals surface area contributed by atoms with E-state index >= 15 is 0 Å². The lowest BCUT2D eigenvalue weighted by Crippen LogP contribution is -2.12. The minimum atomic E-state index is 0.388. The van der Waals surface area contributed by atoms with E-state index < -0.39 is 0 Å². The Morgan fingerprint density at radius 3 is 2.64 bits per heavy atom. The molecule has 3 nitrogen and oxygen atoms in total. The Balaban J connectivity index is 2.83. The molecule has 1 aromatic heterocycles. The van der Waals surface area contributed by atoms with Crippen molar-refractivity contribution in [1.29, 1.82) is 0 Å². The Hall–Kier alpha value is -0.830. The number of nitrogens with two attached hydrogens (primary N) is 1. The van der Waals surface area contributed by atoms with Gasteiger partial charge in [0.15, 0.2) is 0 Å². The molecule has 80 valence electrons. The van der Waals surface area contributed by atoms with Crippen LogP contribution in [-0.4, -0.2) is 16.5 Å². The summed E-state index contributed by atoms with van der Waals surface area (Å²) in [7, 11) is 0. The highest BCUT2D eigenvalue weighted by molar-refractivity contribution is 5.15. The standard InChI is InChI=1S/C11H21N3/c1-4-6-10-8(3)13-11(14-10)9(5-2)7-12/h9H,4-7,12H2,1-3H3,(H,13,14). The monoisotopic (exact) mass is 195 g/mol. The van der Waals surface area contributed by atoms with Crippen molar-refractivity contribution in [2.45, 2.75) is 46.0 Å². The number of H-pyrrole nitrogens is 1. The van der Waals surface area contributed by atoms with Crippen LogP contribution in [0.1, 0.15) is 49.8 Å². The van der Waals surface area contributed by atoms with E-state index in [9.17, 15) is 0 Å². The first kappa shape index (κ1) is 11.2. The molecule has 3 heteroatoms. The third-order valence-electron chi connectivity index (χ3n) is 2.65. The molecule has 0 aliphatic carbocycles. The number of hydrogen-bond donors (Lipinski definition) is 2. The second-order valence-corrected chi connectivity index (χ2v) is 3.78. The van der Waals surface area contributed by atoms with E-state index in [4.69, 9.17) is 5.73 Å². The fourth-order valence-corrected chi connectivity index (χ4v) is 1.67. The van der Waals surface area contributed by atoms with E-state index in [-0.39, 0.29) is 0 Å². The molecule has 1 unspecified atom stereocenters. The zero-order chi connectivity index (χ0) is 10.6. The molecule has 1 heterocycles. The molecular formula is C11H21N3. The van der Waals surface area contributed by atoms with Crippen molar-refractivity contribution in [2.24, 2.45) is 5.73 Å². The highest BCUT2D eigenvalue weighted by Gasteiger charge is 2.13. The molecule has 3 N–H and O–H groups in total. The van der Waals surface area contributed by atoms with E-state index in [0.29, 0.717) is 12.5 Å². The molecule has 1 aromatic rings. The highest BCUT2D eigenvalue weighted by Crippen LogP contribution is 2.17. The van der Waals surface area contributed by atoms with Gasteiger partial charge in [0.1, 0.15) is 5.82 Å². The van der Waals surface area contributed by atoms with Crippen LogP contribution >= 0.6 is 0 Å². The van der Waals surface area contributed by atoms with Crippen LogP contribution in [0.3, 0.4) is 0 Å². The third kappa shape index (κ3) is 2.35. The van der Waals surface area contributed by atoms with Crippen LogP contribution in [0.15, 0.2) is 0 Å². The molecule has 0 saturated heterocycles. The predicted molar refractivity (Wildman–Crippen MR) is 59.4 cm³/mol. The summed E-state index contributed by atoms with van der Waals surface area (Å²) in [5, 5.41) is 0. The van der Waals surface area contributed by atoms with Crippen molar-refractivity contribution in [2.75, 3.05) is 6.54 Å². The molecule has 0 saturated carbocycles. The van der Waals surface area contributed by atoms with E-state index in [1.165, 1.54) is 11.4 Å². The van der Waals surface area contributed by atoms with Gasteiger partial charge < -0.3 is 10.7 Å². The van der Waals surface area contributed by atoms with Gasteiger partial charge in [-0.05, 0) is 19.8 Å². The minimum absolute atomic E-state index is 0.388. The number of hydrogen-bond acceptors (Lipinski definition) is 2. The summed E-state index contributed by atoms with van der Waals surface area (Å²) in [4.78, 5) is 7.95. The first-order chi connectivity index (χ1) is 6.72. The number of imidazole rings is 1. The molecule has 1 atom stereocenters. The Morgan fingerprint density at radius 1 is 1.43 bits per heavy atom. The molecule has 0 amide bonds. The lowest BCUT2D eigenvalue weighted by atomic mass is 10.1. The van der Waals surface area contributed by atoms with Gasteiger partial charge in [0.05, 0.1) is 5.69 Å². The Morgan fingerprint density at radius 2 is 2.14 bits per heavy atom. The van der Waals surface area contributed by atoms with Crippen molar-refractivity contribution in [3.63, 3.8) is 0 Å². The summed E-state index contributed by atoms with van der Waals surface area (Å²) in [5.41, 5.74) is 8.09. The van der Waals surface area contributed by atoms with E-state index in [1.807, 2.05) is 0 Å². The second kappa shape index (κ2) is 5.15. The second-order valence-electron chi connectivity index (χ2n) is 3.78. The van der Waals surface area contributed by atoms with Gasteiger partial charge in [-0.25, -0.2) is 4.98 Å². The van der Waals surface area contributed by atoms with Crippen LogP contribution < -0.4 is 5.73 Å². The molecule has 0 radical (unpaired) electrons. The molecular weight excluding hydrogens is 174 g/mol. The third-order valence-corrected chi connectivity index (χ3v) is 2.65. The van der Waals surface area contributed by atoms with Crippen molar-refractivity contribution >= 4 is 0 Å². The van der Waals surface area contributed by atoms with E-state index in [0.717, 1.165) is 25.1 Å². The van der Waals surface area contributed by atoms with Gasteiger partial charge in [-0.15, -0.1) is 0 Å². The van der Waals surface area contributed by atoms with Gasteiger partial charge in [-0.1, -0.05) is 20.3 Å². The van der Waals surface area contributed by atoms with E-state index in [1.54, 1.807) is 0 Å². The number of aromatic nitrogens is 2. The zero-order valence-electron chi connectivity index (χ0n) is 9.43. The van der Waals surface area contributed by atoms with Crippen LogP contribution in [0.4, 0.5) is 0 Å². The molecule has 1 rings (SSSR count). The van der Waals surface area contributed by atoms with Gasteiger partial charge in [0, 0.05) is 18.2 Å². The first-order valence-electron chi connectivity index (χ1n) is 5.48. The number of nitrogens with one attached hydrogen (secondary N) is 1. The zero-order valence-corrected chi connectivity index (χ0v) is 9.43. The van der Waals surface area contributed by atoms with Gasteiger partial charge in [0.2, 0.25) is 0 Å². The molecule has 0 fully saturated rings. The lowest BCUT2D eigenvalue weighted by Gasteiger charge is -2.07. The Kier molecular flexibility index (Phi) is 4.14. The van der Waals surface area contributed by atoms with Gasteiger partial charge >= 0.3 is 0 Å². The summed E-state index contributed by atoms with van der Waals surface area (Å²) in [6.45, 7) is 7.09. The quantitative estimate of drug-likeness (QED) is 0.756.